The molecule has 1 unspecified atom stereocenters. The summed E-state index contributed by atoms with van der Waals surface area (Å²) < 4.78 is 5.36. The van der Waals surface area contributed by atoms with Gasteiger partial charge in [0.1, 0.15) is 0 Å². The lowest BCUT2D eigenvalue weighted by molar-refractivity contribution is 0.263. The van der Waals surface area contributed by atoms with Gasteiger partial charge in [0.15, 0.2) is 0 Å². The highest BCUT2D eigenvalue weighted by Crippen LogP contribution is 2.26. The van der Waals surface area contributed by atoms with Crippen molar-refractivity contribution in [1.82, 2.24) is 10.2 Å². The van der Waals surface area contributed by atoms with Crippen LogP contribution in [0.3, 0.4) is 0 Å². The molecule has 0 radical (unpaired) electrons. The van der Waals surface area contributed by atoms with E-state index in [0.29, 0.717) is 23.2 Å². The fraction of sp³-hybridized carbons (Fsp3) is 0.818. The van der Waals surface area contributed by atoms with Gasteiger partial charge in [-0.2, -0.15) is 0 Å². The van der Waals surface area contributed by atoms with Crippen molar-refractivity contribution in [2.75, 3.05) is 18.5 Å². The first kappa shape index (κ1) is 12.0. The van der Waals surface area contributed by atoms with Crippen LogP contribution in [0.4, 0.5) is 6.01 Å². The topological polar surface area (TPSA) is 42.2 Å². The van der Waals surface area contributed by atoms with Gasteiger partial charge < -0.3 is 9.32 Å². The Bertz CT molecular complexity index is 314. The number of aryl methyl sites for hydroxylation is 1. The minimum atomic E-state index is 0.295. The van der Waals surface area contributed by atoms with Crippen LogP contribution in [-0.2, 0) is 0 Å². The summed E-state index contributed by atoms with van der Waals surface area (Å²) in [6.45, 7) is 11.7. The summed E-state index contributed by atoms with van der Waals surface area (Å²) in [5, 5.41) is 7.81. The number of rotatable bonds is 3. The summed E-state index contributed by atoms with van der Waals surface area (Å²) in [5.41, 5.74) is 0.295. The van der Waals surface area contributed by atoms with E-state index in [9.17, 15) is 0 Å². The van der Waals surface area contributed by atoms with E-state index < -0.39 is 0 Å². The van der Waals surface area contributed by atoms with Crippen molar-refractivity contribution in [3.8, 4) is 0 Å². The van der Waals surface area contributed by atoms with Crippen LogP contribution >= 0.6 is 0 Å². The smallest absolute Gasteiger partial charge is 0.317 e. The molecule has 15 heavy (non-hydrogen) atoms. The molecule has 0 spiro atoms. The molecule has 0 aliphatic carbocycles. The molecule has 1 aromatic rings. The maximum absolute atomic E-state index is 5.36. The minimum Gasteiger partial charge on any atom is -0.408 e. The number of hydrogen-bond acceptors (Lipinski definition) is 4. The van der Waals surface area contributed by atoms with E-state index in [1.54, 1.807) is 6.92 Å². The molecule has 0 bridgehead atoms. The monoisotopic (exact) mass is 211 g/mol. The average Bonchev–Trinajstić information content (AvgIpc) is 2.50. The van der Waals surface area contributed by atoms with E-state index in [1.165, 1.54) is 0 Å². The highest BCUT2D eigenvalue weighted by atomic mass is 16.4. The fourth-order valence-corrected chi connectivity index (χ4v) is 1.20. The largest absolute Gasteiger partial charge is 0.408 e. The highest BCUT2D eigenvalue weighted by Gasteiger charge is 2.22. The zero-order chi connectivity index (χ0) is 11.6. The van der Waals surface area contributed by atoms with Crippen LogP contribution < -0.4 is 4.90 Å². The first-order valence-electron chi connectivity index (χ1n) is 5.32. The highest BCUT2D eigenvalue weighted by molar-refractivity contribution is 5.21. The van der Waals surface area contributed by atoms with Crippen molar-refractivity contribution in [3.63, 3.8) is 0 Å². The molecule has 86 valence electrons. The molecule has 0 aliphatic rings. The Morgan fingerprint density at radius 2 is 1.93 bits per heavy atom. The summed E-state index contributed by atoms with van der Waals surface area (Å²) in [5.74, 6) is 1.18. The predicted octanol–water partition coefficient (Wildman–Crippen LogP) is 2.50. The molecule has 1 atom stereocenters. The van der Waals surface area contributed by atoms with Crippen LogP contribution in [0, 0.1) is 18.3 Å². The molecule has 4 nitrogen and oxygen atoms in total. The van der Waals surface area contributed by atoms with E-state index in [1.807, 2.05) is 11.9 Å². The van der Waals surface area contributed by atoms with Crippen molar-refractivity contribution in [1.29, 1.82) is 0 Å². The van der Waals surface area contributed by atoms with E-state index in [0.717, 1.165) is 6.54 Å². The van der Waals surface area contributed by atoms with E-state index >= 15 is 0 Å². The number of hydrogen-bond donors (Lipinski definition) is 0. The molecule has 4 heteroatoms. The van der Waals surface area contributed by atoms with E-state index in [2.05, 4.69) is 37.9 Å². The van der Waals surface area contributed by atoms with Crippen molar-refractivity contribution in [3.05, 3.63) is 5.89 Å². The second kappa shape index (κ2) is 4.21. The molecule has 0 fully saturated rings. The van der Waals surface area contributed by atoms with Crippen molar-refractivity contribution in [2.45, 2.75) is 34.6 Å². The van der Waals surface area contributed by atoms with Crippen LogP contribution in [-0.4, -0.2) is 23.8 Å². The summed E-state index contributed by atoms with van der Waals surface area (Å²) in [7, 11) is 1.98. The number of anilines is 1. The van der Waals surface area contributed by atoms with Crippen LogP contribution in [0.1, 0.15) is 33.6 Å². The quantitative estimate of drug-likeness (QED) is 0.770. The SMILES string of the molecule is Cc1nnc(N(C)CC(C)C(C)(C)C)o1. The first-order valence-corrected chi connectivity index (χ1v) is 5.32. The third-order valence-corrected chi connectivity index (χ3v) is 2.87. The Kier molecular flexibility index (Phi) is 3.37. The Labute approximate surface area is 91.7 Å². The Morgan fingerprint density at radius 3 is 2.33 bits per heavy atom. The van der Waals surface area contributed by atoms with Crippen molar-refractivity contribution >= 4 is 6.01 Å². The van der Waals surface area contributed by atoms with E-state index in [4.69, 9.17) is 4.42 Å². The second-order valence-corrected chi connectivity index (χ2v) is 5.25. The second-order valence-electron chi connectivity index (χ2n) is 5.25. The van der Waals surface area contributed by atoms with Gasteiger partial charge in [0.2, 0.25) is 5.89 Å². The molecule has 0 saturated carbocycles. The van der Waals surface area contributed by atoms with Gasteiger partial charge in [-0.1, -0.05) is 32.8 Å². The van der Waals surface area contributed by atoms with Gasteiger partial charge >= 0.3 is 6.01 Å². The molecule has 1 heterocycles. The van der Waals surface area contributed by atoms with Crippen LogP contribution in [0.5, 0.6) is 0 Å². The molecule has 0 saturated heterocycles. The van der Waals surface area contributed by atoms with Crippen molar-refractivity contribution in [2.24, 2.45) is 11.3 Å². The van der Waals surface area contributed by atoms with Gasteiger partial charge in [-0.15, -0.1) is 5.10 Å². The molecule has 0 aromatic carbocycles. The van der Waals surface area contributed by atoms with Crippen LogP contribution in [0.25, 0.3) is 0 Å². The normalized spacial score (nSPS) is 14.0. The molecule has 0 aliphatic heterocycles. The van der Waals surface area contributed by atoms with Gasteiger partial charge in [-0.3, -0.25) is 0 Å². The zero-order valence-corrected chi connectivity index (χ0v) is 10.5. The van der Waals surface area contributed by atoms with Gasteiger partial charge in [0, 0.05) is 20.5 Å². The van der Waals surface area contributed by atoms with Crippen molar-refractivity contribution < 1.29 is 4.42 Å². The number of aromatic nitrogens is 2. The van der Waals surface area contributed by atoms with Gasteiger partial charge in [0.05, 0.1) is 0 Å². The number of nitrogens with zero attached hydrogens (tertiary/aromatic N) is 3. The predicted molar refractivity (Wildman–Crippen MR) is 60.9 cm³/mol. The molecular formula is C11H21N3O. The molecule has 1 rings (SSSR count). The Hall–Kier alpha value is -1.06. The lowest BCUT2D eigenvalue weighted by Crippen LogP contribution is -2.31. The van der Waals surface area contributed by atoms with E-state index in [-0.39, 0.29) is 0 Å². The van der Waals surface area contributed by atoms with Crippen LogP contribution in [0.15, 0.2) is 4.42 Å². The standard InChI is InChI=1S/C11H21N3O/c1-8(11(3,4)5)7-14(6)10-13-12-9(2)15-10/h8H,7H2,1-6H3. The van der Waals surface area contributed by atoms with Gasteiger partial charge in [-0.25, -0.2) is 0 Å². The maximum atomic E-state index is 5.36. The molecular weight excluding hydrogens is 190 g/mol. The first-order chi connectivity index (χ1) is 6.80. The summed E-state index contributed by atoms with van der Waals surface area (Å²) >= 11 is 0. The average molecular weight is 211 g/mol. The molecule has 0 amide bonds. The third kappa shape index (κ3) is 3.22. The molecule has 0 N–H and O–H groups in total. The molecule has 1 aromatic heterocycles. The lowest BCUT2D eigenvalue weighted by atomic mass is 9.82. The fourth-order valence-electron chi connectivity index (χ4n) is 1.20. The summed E-state index contributed by atoms with van der Waals surface area (Å²) in [6.07, 6.45) is 0. The maximum Gasteiger partial charge on any atom is 0.317 e. The van der Waals surface area contributed by atoms with Gasteiger partial charge in [-0.05, 0) is 11.3 Å². The summed E-state index contributed by atoms with van der Waals surface area (Å²) in [6, 6.07) is 0.601. The Morgan fingerprint density at radius 1 is 1.33 bits per heavy atom. The lowest BCUT2D eigenvalue weighted by Gasteiger charge is -2.30. The van der Waals surface area contributed by atoms with Gasteiger partial charge in [0.25, 0.3) is 0 Å². The third-order valence-electron chi connectivity index (χ3n) is 2.87. The Balaban J connectivity index is 2.60. The minimum absolute atomic E-state index is 0.295. The zero-order valence-electron chi connectivity index (χ0n) is 10.5. The summed E-state index contributed by atoms with van der Waals surface area (Å²) in [4.78, 5) is 2.01. The van der Waals surface area contributed by atoms with Crippen LogP contribution in [0.2, 0.25) is 0 Å².